The number of benzene rings is 7. The van der Waals surface area contributed by atoms with Gasteiger partial charge in [-0.25, -0.2) is 0 Å². The van der Waals surface area contributed by atoms with Crippen molar-refractivity contribution in [2.75, 3.05) is 4.90 Å². The van der Waals surface area contributed by atoms with Crippen molar-refractivity contribution in [2.45, 2.75) is 38.5 Å². The second kappa shape index (κ2) is 12.3. The normalized spacial score (nSPS) is 16.8. The number of anilines is 3. The van der Waals surface area contributed by atoms with Crippen LogP contribution in [0.3, 0.4) is 0 Å². The molecule has 0 bridgehead atoms. The van der Waals surface area contributed by atoms with Crippen molar-refractivity contribution in [3.05, 3.63) is 209 Å². The predicted molar refractivity (Wildman–Crippen MR) is 232 cm³/mol. The largest absolute Gasteiger partial charge is 0.309 e. The molecule has 2 heteroatoms. The third-order valence-electron chi connectivity index (χ3n) is 12.0. The molecule has 0 spiro atoms. The number of para-hydroxylation sites is 1. The summed E-state index contributed by atoms with van der Waals surface area (Å²) in [5.74, 6) is 0. The van der Waals surface area contributed by atoms with Crippen LogP contribution in [-0.2, 0) is 10.8 Å². The van der Waals surface area contributed by atoms with Gasteiger partial charge >= 0.3 is 0 Å². The molecule has 54 heavy (non-hydrogen) atoms. The predicted octanol–water partition coefficient (Wildman–Crippen LogP) is 14.7. The second-order valence-corrected chi connectivity index (χ2v) is 16.1. The van der Waals surface area contributed by atoms with Crippen LogP contribution >= 0.6 is 11.3 Å². The Morgan fingerprint density at radius 2 is 1.20 bits per heavy atom. The number of hydrogen-bond acceptors (Lipinski definition) is 2. The zero-order valence-electron chi connectivity index (χ0n) is 31.1. The molecule has 0 aliphatic heterocycles. The minimum Gasteiger partial charge on any atom is -0.309 e. The van der Waals surface area contributed by atoms with Gasteiger partial charge in [-0.1, -0.05) is 159 Å². The van der Waals surface area contributed by atoms with Gasteiger partial charge in [-0.3, -0.25) is 0 Å². The summed E-state index contributed by atoms with van der Waals surface area (Å²) in [7, 11) is 0. The molecule has 7 aromatic carbocycles. The van der Waals surface area contributed by atoms with Crippen molar-refractivity contribution in [1.82, 2.24) is 0 Å². The van der Waals surface area contributed by atoms with Crippen LogP contribution in [0.15, 0.2) is 182 Å². The summed E-state index contributed by atoms with van der Waals surface area (Å²) >= 11 is 1.94. The van der Waals surface area contributed by atoms with Crippen molar-refractivity contribution in [3.8, 4) is 22.3 Å². The van der Waals surface area contributed by atoms with E-state index < -0.39 is 5.41 Å². The van der Waals surface area contributed by atoms with Gasteiger partial charge in [0.1, 0.15) is 0 Å². The SMILES string of the molecule is C/C=C\C(=C/C)C1(c2ccccc2)c2ccccc2-c2c1ccc1c2sc2c(N(c3ccccc3)c3ccc4c(c3)C(C)(C)c3ccccc3-4)cccc21. The Kier molecular flexibility index (Phi) is 7.44. The van der Waals surface area contributed by atoms with Gasteiger partial charge in [-0.15, -0.1) is 11.3 Å². The van der Waals surface area contributed by atoms with Crippen molar-refractivity contribution in [2.24, 2.45) is 0 Å². The van der Waals surface area contributed by atoms with E-state index in [0.717, 1.165) is 5.69 Å². The molecule has 1 unspecified atom stereocenters. The van der Waals surface area contributed by atoms with Gasteiger partial charge in [0.25, 0.3) is 0 Å². The van der Waals surface area contributed by atoms with Crippen LogP contribution in [-0.4, -0.2) is 0 Å². The molecular formula is C52H41NS. The summed E-state index contributed by atoms with van der Waals surface area (Å²) < 4.78 is 2.64. The highest BCUT2D eigenvalue weighted by molar-refractivity contribution is 7.27. The zero-order valence-corrected chi connectivity index (χ0v) is 31.9. The van der Waals surface area contributed by atoms with Gasteiger partial charge in [0, 0.05) is 37.8 Å². The molecule has 0 radical (unpaired) electrons. The molecule has 0 saturated heterocycles. The molecule has 1 nitrogen and oxygen atoms in total. The van der Waals surface area contributed by atoms with E-state index in [9.17, 15) is 0 Å². The summed E-state index contributed by atoms with van der Waals surface area (Å²) in [5, 5.41) is 2.60. The Morgan fingerprint density at radius 3 is 1.96 bits per heavy atom. The lowest BCUT2D eigenvalue weighted by Crippen LogP contribution is -2.29. The first-order valence-electron chi connectivity index (χ1n) is 19.0. The van der Waals surface area contributed by atoms with E-state index in [1.54, 1.807) is 0 Å². The number of fused-ring (bicyclic) bond motifs is 10. The smallest absolute Gasteiger partial charge is 0.0710 e. The lowest BCUT2D eigenvalue weighted by molar-refractivity contribution is 0.660. The molecule has 1 atom stereocenters. The summed E-state index contributed by atoms with van der Waals surface area (Å²) in [5.41, 5.74) is 16.4. The standard InChI is InChI=1S/C52H41NS/c1-5-18-34(6-2)52(35-19-9-7-10-20-35)44-27-16-14-24-42(44)48-45(52)32-31-41-40-25-17-28-47(49(40)54-50(41)48)53(36-21-11-8-12-22-36)37-29-30-39-38-23-13-15-26-43(38)51(3,4)46(39)33-37/h5-33H,1-4H3/b18-5-,34-6+. The number of thiophene rings is 1. The van der Waals surface area contributed by atoms with Crippen molar-refractivity contribution >= 4 is 48.6 Å². The minimum absolute atomic E-state index is 0.0914. The Balaban J connectivity index is 1.24. The highest BCUT2D eigenvalue weighted by Crippen LogP contribution is 2.60. The van der Waals surface area contributed by atoms with Gasteiger partial charge < -0.3 is 4.90 Å². The van der Waals surface area contributed by atoms with Crippen molar-refractivity contribution < 1.29 is 0 Å². The molecule has 0 fully saturated rings. The van der Waals surface area contributed by atoms with E-state index in [1.165, 1.54) is 87.2 Å². The number of allylic oxidation sites excluding steroid dienone is 4. The van der Waals surface area contributed by atoms with Crippen LogP contribution in [0.1, 0.15) is 55.5 Å². The second-order valence-electron chi connectivity index (χ2n) is 15.1. The molecule has 8 aromatic rings. The highest BCUT2D eigenvalue weighted by atomic mass is 32.1. The summed E-state index contributed by atoms with van der Waals surface area (Å²) in [4.78, 5) is 2.48. The fourth-order valence-corrected chi connectivity index (χ4v) is 11.1. The molecule has 260 valence electrons. The van der Waals surface area contributed by atoms with Crippen molar-refractivity contribution in [3.63, 3.8) is 0 Å². The molecular weight excluding hydrogens is 671 g/mol. The summed E-state index contributed by atoms with van der Waals surface area (Å²) in [6, 6.07) is 58.8. The van der Waals surface area contributed by atoms with E-state index in [1.807, 2.05) is 11.3 Å². The van der Waals surface area contributed by atoms with E-state index in [4.69, 9.17) is 0 Å². The maximum Gasteiger partial charge on any atom is 0.0710 e. The first-order chi connectivity index (χ1) is 26.5. The molecule has 2 aliphatic rings. The number of hydrogen-bond donors (Lipinski definition) is 0. The molecule has 1 aromatic heterocycles. The lowest BCUT2D eigenvalue weighted by Gasteiger charge is -2.34. The van der Waals surface area contributed by atoms with Gasteiger partial charge in [0.2, 0.25) is 0 Å². The Bertz CT molecular complexity index is 2820. The minimum atomic E-state index is -0.424. The molecule has 0 saturated carbocycles. The average molecular weight is 712 g/mol. The number of nitrogens with zero attached hydrogens (tertiary/aromatic N) is 1. The van der Waals surface area contributed by atoms with Gasteiger partial charge in [0.15, 0.2) is 0 Å². The Labute approximate surface area is 322 Å². The zero-order chi connectivity index (χ0) is 36.6. The third kappa shape index (κ3) is 4.44. The van der Waals surface area contributed by atoms with Crippen LogP contribution < -0.4 is 4.90 Å². The van der Waals surface area contributed by atoms with Crippen LogP contribution in [0.4, 0.5) is 17.1 Å². The molecule has 0 amide bonds. The van der Waals surface area contributed by atoms with Crippen LogP contribution in [0.2, 0.25) is 0 Å². The number of rotatable bonds is 6. The fraction of sp³-hybridized carbons (Fsp3) is 0.115. The van der Waals surface area contributed by atoms with Gasteiger partial charge in [0.05, 0.1) is 15.8 Å². The quantitative estimate of drug-likeness (QED) is 0.155. The van der Waals surface area contributed by atoms with Crippen LogP contribution in [0.5, 0.6) is 0 Å². The fourth-order valence-electron chi connectivity index (χ4n) is 9.71. The maximum absolute atomic E-state index is 2.48. The van der Waals surface area contributed by atoms with Gasteiger partial charge in [-0.2, -0.15) is 0 Å². The first kappa shape index (κ1) is 32.7. The van der Waals surface area contributed by atoms with E-state index in [-0.39, 0.29) is 5.41 Å². The van der Waals surface area contributed by atoms with Crippen LogP contribution in [0, 0.1) is 0 Å². The molecule has 1 heterocycles. The summed E-state index contributed by atoms with van der Waals surface area (Å²) in [6.45, 7) is 9.04. The lowest BCUT2D eigenvalue weighted by atomic mass is 9.67. The van der Waals surface area contributed by atoms with Crippen molar-refractivity contribution in [1.29, 1.82) is 0 Å². The Morgan fingerprint density at radius 1 is 0.537 bits per heavy atom. The average Bonchev–Trinajstić information content (AvgIpc) is 3.82. The Hall–Kier alpha value is -5.96. The van der Waals surface area contributed by atoms with Crippen LogP contribution in [0.25, 0.3) is 42.4 Å². The topological polar surface area (TPSA) is 3.24 Å². The maximum atomic E-state index is 2.48. The summed E-state index contributed by atoms with van der Waals surface area (Å²) in [6.07, 6.45) is 6.79. The van der Waals surface area contributed by atoms with E-state index in [2.05, 4.69) is 209 Å². The van der Waals surface area contributed by atoms with Gasteiger partial charge in [-0.05, 0) is 94.3 Å². The third-order valence-corrected chi connectivity index (χ3v) is 13.3. The van der Waals surface area contributed by atoms with E-state index >= 15 is 0 Å². The molecule has 0 N–H and O–H groups in total. The molecule has 2 aliphatic carbocycles. The molecule has 10 rings (SSSR count). The first-order valence-corrected chi connectivity index (χ1v) is 19.8. The monoisotopic (exact) mass is 711 g/mol. The highest BCUT2D eigenvalue weighted by Gasteiger charge is 2.47. The van der Waals surface area contributed by atoms with E-state index in [0.29, 0.717) is 0 Å².